The van der Waals surface area contributed by atoms with Gasteiger partial charge < -0.3 is 10.4 Å². The third kappa shape index (κ3) is 3.97. The number of phenols is 1. The smallest absolute Gasteiger partial charge is 0.255 e. The fourth-order valence-electron chi connectivity index (χ4n) is 1.21. The Balaban J connectivity index is 2.72. The molecule has 0 aliphatic carbocycles. The Morgan fingerprint density at radius 2 is 1.94 bits per heavy atom. The van der Waals surface area contributed by atoms with Crippen molar-refractivity contribution in [3.63, 3.8) is 0 Å². The number of Topliss-reactive ketones (excluding diaryl/α,β-unsaturated/α-hetero) is 1. The van der Waals surface area contributed by atoms with Crippen molar-refractivity contribution in [1.82, 2.24) is 5.32 Å². The van der Waals surface area contributed by atoms with E-state index in [1.165, 1.54) is 6.07 Å². The van der Waals surface area contributed by atoms with E-state index in [-0.39, 0.29) is 23.6 Å². The highest BCUT2D eigenvalue weighted by Gasteiger charge is 2.22. The monoisotopic (exact) mass is 361 g/mol. The summed E-state index contributed by atoms with van der Waals surface area (Å²) in [6, 6.07) is 4.74. The Bertz CT molecular complexity index is 478. The van der Waals surface area contributed by atoms with Gasteiger partial charge in [-0.15, -0.1) is 0 Å². The zero-order chi connectivity index (χ0) is 13.9. The molecule has 0 radical (unpaired) electrons. The molecule has 0 fully saturated rings. The summed E-state index contributed by atoms with van der Waals surface area (Å²) in [6.45, 7) is 5.35. The first-order chi connectivity index (χ1) is 8.21. The standard InChI is InChI=1S/C13H16INO3/c1-13(2,3)11(17)7-15-12(18)9-6-8(14)4-5-10(9)16/h4-6,16H,7H2,1-3H3,(H,15,18). The van der Waals surface area contributed by atoms with Gasteiger partial charge in [0.2, 0.25) is 0 Å². The number of carbonyl (C=O) groups excluding carboxylic acids is 2. The minimum atomic E-state index is -0.486. The van der Waals surface area contributed by atoms with Gasteiger partial charge in [0.25, 0.3) is 5.91 Å². The number of halogens is 1. The maximum absolute atomic E-state index is 11.8. The number of carbonyl (C=O) groups is 2. The minimum absolute atomic E-state index is 0.0345. The number of ketones is 1. The van der Waals surface area contributed by atoms with Crippen molar-refractivity contribution in [2.75, 3.05) is 6.54 Å². The van der Waals surface area contributed by atoms with Crippen LogP contribution >= 0.6 is 22.6 Å². The second-order valence-corrected chi connectivity index (χ2v) is 6.26. The van der Waals surface area contributed by atoms with Crippen LogP contribution in [0, 0.1) is 8.99 Å². The molecule has 1 rings (SSSR count). The normalized spacial score (nSPS) is 11.1. The summed E-state index contributed by atoms with van der Waals surface area (Å²) in [4.78, 5) is 23.5. The Labute approximate surface area is 120 Å². The van der Waals surface area contributed by atoms with E-state index in [9.17, 15) is 14.7 Å². The van der Waals surface area contributed by atoms with Crippen molar-refractivity contribution in [3.8, 4) is 5.75 Å². The molecule has 0 bridgehead atoms. The maximum atomic E-state index is 11.8. The third-order valence-corrected chi connectivity index (χ3v) is 3.12. The summed E-state index contributed by atoms with van der Waals surface area (Å²) in [7, 11) is 0. The molecule has 0 heterocycles. The molecule has 1 aromatic rings. The third-order valence-electron chi connectivity index (χ3n) is 2.45. The van der Waals surface area contributed by atoms with Crippen LogP contribution in [0.15, 0.2) is 18.2 Å². The number of rotatable bonds is 3. The highest BCUT2D eigenvalue weighted by Crippen LogP contribution is 2.19. The SMILES string of the molecule is CC(C)(C)C(=O)CNC(=O)c1cc(I)ccc1O. The highest BCUT2D eigenvalue weighted by atomic mass is 127. The molecular formula is C13H16INO3. The molecular weight excluding hydrogens is 345 g/mol. The van der Waals surface area contributed by atoms with Gasteiger partial charge in [0.05, 0.1) is 12.1 Å². The second-order valence-electron chi connectivity index (χ2n) is 5.02. The van der Waals surface area contributed by atoms with Crippen LogP contribution in [-0.2, 0) is 4.79 Å². The number of aromatic hydroxyl groups is 1. The van der Waals surface area contributed by atoms with Crippen molar-refractivity contribution in [2.45, 2.75) is 20.8 Å². The number of hydrogen-bond donors (Lipinski definition) is 2. The van der Waals surface area contributed by atoms with E-state index in [4.69, 9.17) is 0 Å². The molecule has 0 aromatic heterocycles. The first-order valence-corrected chi connectivity index (χ1v) is 6.59. The van der Waals surface area contributed by atoms with E-state index < -0.39 is 11.3 Å². The quantitative estimate of drug-likeness (QED) is 0.813. The van der Waals surface area contributed by atoms with Crippen LogP contribution in [0.1, 0.15) is 31.1 Å². The largest absolute Gasteiger partial charge is 0.507 e. The maximum Gasteiger partial charge on any atom is 0.255 e. The summed E-state index contributed by atoms with van der Waals surface area (Å²) in [5.74, 6) is -0.583. The van der Waals surface area contributed by atoms with Crippen LogP contribution in [-0.4, -0.2) is 23.3 Å². The van der Waals surface area contributed by atoms with Crippen LogP contribution < -0.4 is 5.32 Å². The van der Waals surface area contributed by atoms with Crippen LogP contribution in [0.4, 0.5) is 0 Å². The summed E-state index contributed by atoms with van der Waals surface area (Å²) < 4.78 is 0.845. The molecule has 0 aliphatic heterocycles. The van der Waals surface area contributed by atoms with Gasteiger partial charge in [0.15, 0.2) is 5.78 Å². The average molecular weight is 361 g/mol. The molecule has 0 saturated heterocycles. The molecule has 5 heteroatoms. The van der Waals surface area contributed by atoms with Crippen LogP contribution in [0.25, 0.3) is 0 Å². The number of nitrogens with one attached hydrogen (secondary N) is 1. The van der Waals surface area contributed by atoms with Gasteiger partial charge in [-0.05, 0) is 40.8 Å². The summed E-state index contributed by atoms with van der Waals surface area (Å²) in [6.07, 6.45) is 0. The molecule has 0 unspecified atom stereocenters. The molecule has 2 N–H and O–H groups in total. The second kappa shape index (κ2) is 5.69. The lowest BCUT2D eigenvalue weighted by atomic mass is 9.91. The molecule has 1 aromatic carbocycles. The fourth-order valence-corrected chi connectivity index (χ4v) is 1.70. The number of hydrogen-bond acceptors (Lipinski definition) is 3. The van der Waals surface area contributed by atoms with Gasteiger partial charge in [0, 0.05) is 8.99 Å². The zero-order valence-electron chi connectivity index (χ0n) is 10.6. The molecule has 0 atom stereocenters. The van der Waals surface area contributed by atoms with E-state index in [1.54, 1.807) is 32.9 Å². The van der Waals surface area contributed by atoms with Crippen molar-refractivity contribution < 1.29 is 14.7 Å². The van der Waals surface area contributed by atoms with E-state index in [0.29, 0.717) is 0 Å². The molecule has 1 amide bonds. The average Bonchev–Trinajstić information content (AvgIpc) is 2.27. The van der Waals surface area contributed by atoms with Crippen LogP contribution in [0.5, 0.6) is 5.75 Å². The molecule has 0 aliphatic rings. The van der Waals surface area contributed by atoms with Gasteiger partial charge in [-0.1, -0.05) is 20.8 Å². The van der Waals surface area contributed by atoms with Gasteiger partial charge >= 0.3 is 0 Å². The van der Waals surface area contributed by atoms with Gasteiger partial charge in [0.1, 0.15) is 5.75 Å². The molecule has 98 valence electrons. The molecule has 0 saturated carbocycles. The van der Waals surface area contributed by atoms with E-state index in [0.717, 1.165) is 3.57 Å². The number of phenolic OH excluding ortho intramolecular Hbond substituents is 1. The van der Waals surface area contributed by atoms with Crippen molar-refractivity contribution in [1.29, 1.82) is 0 Å². The summed E-state index contributed by atoms with van der Waals surface area (Å²) >= 11 is 2.05. The lowest BCUT2D eigenvalue weighted by Gasteiger charge is -2.16. The predicted molar refractivity (Wildman–Crippen MR) is 77.6 cm³/mol. The summed E-state index contributed by atoms with van der Waals surface area (Å²) in [5.41, 5.74) is -0.302. The van der Waals surface area contributed by atoms with E-state index >= 15 is 0 Å². The Kier molecular flexibility index (Phi) is 4.72. The Morgan fingerprint density at radius 3 is 2.50 bits per heavy atom. The predicted octanol–water partition coefficient (Wildman–Crippen LogP) is 2.34. The van der Waals surface area contributed by atoms with E-state index in [1.807, 2.05) is 0 Å². The van der Waals surface area contributed by atoms with Crippen molar-refractivity contribution >= 4 is 34.3 Å². The fraction of sp³-hybridized carbons (Fsp3) is 0.385. The number of benzene rings is 1. The van der Waals surface area contributed by atoms with Crippen LogP contribution in [0.3, 0.4) is 0 Å². The number of amides is 1. The zero-order valence-corrected chi connectivity index (χ0v) is 12.7. The van der Waals surface area contributed by atoms with E-state index in [2.05, 4.69) is 27.9 Å². The van der Waals surface area contributed by atoms with Crippen molar-refractivity contribution in [3.05, 3.63) is 27.3 Å². The lowest BCUT2D eigenvalue weighted by molar-refractivity contribution is -0.125. The van der Waals surface area contributed by atoms with Gasteiger partial charge in [-0.2, -0.15) is 0 Å². The van der Waals surface area contributed by atoms with Gasteiger partial charge in [-0.3, -0.25) is 9.59 Å². The molecule has 18 heavy (non-hydrogen) atoms. The summed E-state index contributed by atoms with van der Waals surface area (Å²) in [5, 5.41) is 12.1. The topological polar surface area (TPSA) is 66.4 Å². The lowest BCUT2D eigenvalue weighted by Crippen LogP contribution is -2.35. The Hall–Kier alpha value is -1.11. The Morgan fingerprint density at radius 1 is 1.33 bits per heavy atom. The highest BCUT2D eigenvalue weighted by molar-refractivity contribution is 14.1. The first-order valence-electron chi connectivity index (χ1n) is 5.52. The van der Waals surface area contributed by atoms with Gasteiger partial charge in [-0.25, -0.2) is 0 Å². The van der Waals surface area contributed by atoms with Crippen LogP contribution in [0.2, 0.25) is 0 Å². The first kappa shape index (κ1) is 14.9. The van der Waals surface area contributed by atoms with Crippen molar-refractivity contribution in [2.24, 2.45) is 5.41 Å². The molecule has 4 nitrogen and oxygen atoms in total. The molecule has 0 spiro atoms. The minimum Gasteiger partial charge on any atom is -0.507 e.